The van der Waals surface area contributed by atoms with Crippen molar-refractivity contribution in [3.05, 3.63) is 5.73 Å². The maximum Gasteiger partial charge on any atom is 2.00 e. The quantitative estimate of drug-likeness (QED) is 0.682. The van der Waals surface area contributed by atoms with E-state index in [0.717, 1.165) is 0 Å². The Hall–Kier alpha value is -0.702. The molecule has 5 nitrogen and oxygen atoms in total. The second-order valence-electron chi connectivity index (χ2n) is 6.24. The molecule has 0 heterocycles. The van der Waals surface area contributed by atoms with E-state index in [0.29, 0.717) is 0 Å². The number of hydrogen-bond acceptors (Lipinski definition) is 3. The van der Waals surface area contributed by atoms with E-state index < -0.39 is 23.2 Å². The van der Waals surface area contributed by atoms with E-state index in [-0.39, 0.29) is 32.9 Å². The third-order valence-corrected chi connectivity index (χ3v) is 2.04. The minimum absolute atomic E-state index is 0. The van der Waals surface area contributed by atoms with Gasteiger partial charge in [-0.05, 0) is 5.41 Å². The Bertz CT molecular complexity index is 303. The second-order valence-corrected chi connectivity index (χ2v) is 6.24. The molecule has 1 amide bonds. The predicted molar refractivity (Wildman–Crippen MR) is 69.7 cm³/mol. The van der Waals surface area contributed by atoms with Crippen molar-refractivity contribution in [2.45, 2.75) is 48.0 Å². The average Bonchev–Trinajstić information content (AvgIpc) is 2.11. The van der Waals surface area contributed by atoms with Crippen molar-refractivity contribution in [3.8, 4) is 0 Å². The van der Waals surface area contributed by atoms with Gasteiger partial charge in [-0.2, -0.15) is 0 Å². The summed E-state index contributed by atoms with van der Waals surface area (Å²) in [7, 11) is 0. The summed E-state index contributed by atoms with van der Waals surface area (Å²) >= 11 is 0. The summed E-state index contributed by atoms with van der Waals surface area (Å²) < 4.78 is 0. The van der Waals surface area contributed by atoms with Gasteiger partial charge in [-0.3, -0.25) is 11.1 Å². The van der Waals surface area contributed by atoms with Gasteiger partial charge < -0.3 is 20.4 Å². The van der Waals surface area contributed by atoms with Gasteiger partial charge in [0.15, 0.2) is 0 Å². The van der Waals surface area contributed by atoms with Crippen molar-refractivity contribution in [3.63, 3.8) is 0 Å². The van der Waals surface area contributed by atoms with Crippen LogP contribution in [0.1, 0.15) is 48.0 Å². The summed E-state index contributed by atoms with van der Waals surface area (Å²) in [4.78, 5) is 30.8. The minimum Gasteiger partial charge on any atom is -0.668 e. The summed E-state index contributed by atoms with van der Waals surface area (Å²) in [6, 6.07) is 0. The molecule has 0 rings (SSSR count). The van der Waals surface area contributed by atoms with Crippen LogP contribution in [0.2, 0.25) is 0 Å². The Balaban J connectivity index is -0.000000313. The topological polar surface area (TPSA) is 95.2 Å². The van der Waals surface area contributed by atoms with Crippen molar-refractivity contribution >= 4 is 18.2 Å². The van der Waals surface area contributed by atoms with Crippen molar-refractivity contribution < 1.29 is 40.6 Å². The standard InChI is InChI=1S/C8H15NO3.C5H9O.W/c1-8(2,3)5(7(11)12)4-6(9)10;1-5(2,3)4-6;/h5H,4H2,1-3H3,(H3,9,10,11,12);1-3H3;/q;-1;+2/p-1. The van der Waals surface area contributed by atoms with E-state index >= 15 is 0 Å². The summed E-state index contributed by atoms with van der Waals surface area (Å²) in [5, 5.41) is 8.72. The van der Waals surface area contributed by atoms with Gasteiger partial charge in [-0.1, -0.05) is 41.5 Å². The van der Waals surface area contributed by atoms with Gasteiger partial charge in [0.05, 0.1) is 5.92 Å². The molecular formula is C13H23NO4W. The molecule has 1 unspecified atom stereocenters. The predicted octanol–water partition coefficient (Wildman–Crippen LogP) is 2.84. The largest absolute Gasteiger partial charge is 2.00 e. The monoisotopic (exact) mass is 441 g/mol. The van der Waals surface area contributed by atoms with Crippen LogP contribution in [0.25, 0.3) is 5.73 Å². The van der Waals surface area contributed by atoms with Gasteiger partial charge in [-0.15, -0.1) is 5.41 Å². The molecular weight excluding hydrogens is 418 g/mol. The van der Waals surface area contributed by atoms with E-state index in [2.05, 4.69) is 0 Å². The fourth-order valence-corrected chi connectivity index (χ4v) is 0.949. The molecule has 0 fully saturated rings. The number of nitrogens with one attached hydrogen (secondary N) is 1. The summed E-state index contributed by atoms with van der Waals surface area (Å²) in [5.74, 6) is -2.59. The van der Waals surface area contributed by atoms with Gasteiger partial charge in [-0.25, -0.2) is 0 Å². The Labute approximate surface area is 129 Å². The van der Waals surface area contributed by atoms with Crippen LogP contribution in [0.4, 0.5) is 0 Å². The average molecular weight is 441 g/mol. The number of hydrogen-bond donors (Lipinski definition) is 1. The zero-order valence-electron chi connectivity index (χ0n) is 12.4. The fourth-order valence-electron chi connectivity index (χ4n) is 0.949. The number of rotatable bonds is 3. The fraction of sp³-hybridized carbons (Fsp3) is 0.769. The summed E-state index contributed by atoms with van der Waals surface area (Å²) in [6.07, 6.45) is 1.64. The third kappa shape index (κ3) is 15.2. The molecule has 0 aliphatic carbocycles. The van der Waals surface area contributed by atoms with Crippen LogP contribution in [0.3, 0.4) is 0 Å². The van der Waals surface area contributed by atoms with Crippen LogP contribution < -0.4 is 0 Å². The van der Waals surface area contributed by atoms with E-state index in [1.165, 1.54) is 0 Å². The van der Waals surface area contributed by atoms with Crippen LogP contribution in [-0.2, 0) is 35.4 Å². The Morgan fingerprint density at radius 3 is 1.53 bits per heavy atom. The molecule has 6 heteroatoms. The number of carboxylic acid groups (broad SMARTS) is 1. The SMILES string of the molecule is CC(C)(C)C(CC([NH-])=O)C(=O)O.CC(C)(C)[C-]=O.[W+2]. The van der Waals surface area contributed by atoms with Crippen LogP contribution in [0.15, 0.2) is 0 Å². The first-order valence-electron chi connectivity index (χ1n) is 5.68. The van der Waals surface area contributed by atoms with Crippen LogP contribution in [0.5, 0.6) is 0 Å². The number of carboxylic acids is 1. The van der Waals surface area contributed by atoms with Crippen molar-refractivity contribution in [2.75, 3.05) is 0 Å². The van der Waals surface area contributed by atoms with Crippen molar-refractivity contribution in [1.29, 1.82) is 0 Å². The molecule has 0 aliphatic rings. The first kappa shape index (κ1) is 23.4. The molecule has 0 aromatic heterocycles. The maximum absolute atomic E-state index is 10.6. The molecule has 2 N–H and O–H groups in total. The smallest absolute Gasteiger partial charge is 0.668 e. The molecule has 0 spiro atoms. The van der Waals surface area contributed by atoms with E-state index in [9.17, 15) is 14.4 Å². The van der Waals surface area contributed by atoms with Crippen LogP contribution in [-0.4, -0.2) is 23.3 Å². The van der Waals surface area contributed by atoms with Crippen molar-refractivity contribution in [2.24, 2.45) is 16.7 Å². The zero-order chi connectivity index (χ0) is 15.1. The number of amides is 1. The van der Waals surface area contributed by atoms with Crippen molar-refractivity contribution in [1.82, 2.24) is 0 Å². The van der Waals surface area contributed by atoms with Gasteiger partial charge >= 0.3 is 27.0 Å². The Kier molecular flexibility index (Phi) is 11.4. The molecule has 0 saturated heterocycles. The van der Waals surface area contributed by atoms with E-state index in [4.69, 9.17) is 10.8 Å². The van der Waals surface area contributed by atoms with Crippen LogP contribution >= 0.6 is 0 Å². The molecule has 1 atom stereocenters. The second kappa shape index (κ2) is 9.24. The first-order chi connectivity index (χ1) is 7.81. The van der Waals surface area contributed by atoms with Gasteiger partial charge in [0, 0.05) is 12.3 Å². The maximum atomic E-state index is 10.6. The molecule has 0 aromatic rings. The van der Waals surface area contributed by atoms with Gasteiger partial charge in [0.25, 0.3) is 0 Å². The molecule has 0 aromatic carbocycles. The van der Waals surface area contributed by atoms with E-state index in [1.54, 1.807) is 20.8 Å². The normalized spacial score (nSPS) is 12.3. The molecule has 0 saturated carbocycles. The molecule has 19 heavy (non-hydrogen) atoms. The first-order valence-corrected chi connectivity index (χ1v) is 5.68. The number of carbonyl (C=O) groups is 2. The van der Waals surface area contributed by atoms with Gasteiger partial charge in [0.2, 0.25) is 0 Å². The Morgan fingerprint density at radius 2 is 1.47 bits per heavy atom. The summed E-state index contributed by atoms with van der Waals surface area (Å²) in [5.41, 5.74) is 5.95. The Morgan fingerprint density at radius 1 is 1.16 bits per heavy atom. The van der Waals surface area contributed by atoms with Crippen LogP contribution in [0, 0.1) is 16.7 Å². The molecule has 0 aliphatic heterocycles. The summed E-state index contributed by atoms with van der Waals surface area (Å²) in [6.45, 7) is 10.7. The zero-order valence-corrected chi connectivity index (χ0v) is 15.3. The third-order valence-electron chi connectivity index (χ3n) is 2.04. The number of aliphatic carboxylic acids is 1. The van der Waals surface area contributed by atoms with E-state index in [1.807, 2.05) is 27.1 Å². The number of carbonyl (C=O) groups excluding carboxylic acids is 2. The molecule has 0 radical (unpaired) electrons. The molecule has 0 bridgehead atoms. The minimum atomic E-state index is -1.01. The van der Waals surface area contributed by atoms with Gasteiger partial charge in [0.1, 0.15) is 0 Å². The molecule has 110 valence electrons.